The molecule has 2 amide bonds. The van der Waals surface area contributed by atoms with E-state index < -0.39 is 0 Å². The van der Waals surface area contributed by atoms with E-state index in [-0.39, 0.29) is 18.4 Å². The number of rotatable bonds is 7. The first-order valence-electron chi connectivity index (χ1n) is 8.47. The first-order valence-corrected chi connectivity index (χ1v) is 10.6. The van der Waals surface area contributed by atoms with E-state index in [0.717, 1.165) is 16.0 Å². The lowest BCUT2D eigenvalue weighted by Gasteiger charge is -2.08. The molecule has 0 saturated heterocycles. The number of thioether (sulfide) groups is 1. The summed E-state index contributed by atoms with van der Waals surface area (Å²) in [5.41, 5.74) is 2.56. The summed E-state index contributed by atoms with van der Waals surface area (Å²) in [4.78, 5) is 26.5. The van der Waals surface area contributed by atoms with Crippen molar-refractivity contribution in [1.82, 2.24) is 10.6 Å². The zero-order valence-electron chi connectivity index (χ0n) is 14.9. The minimum absolute atomic E-state index is 0.0448. The maximum absolute atomic E-state index is 12.4. The molecule has 3 rings (SSSR count). The fraction of sp³-hybridized carbons (Fsp3) is 0.143. The molecule has 0 unspecified atom stereocenters. The highest BCUT2D eigenvalue weighted by molar-refractivity contribution is 7.98. The Bertz CT molecular complexity index is 906. The third kappa shape index (κ3) is 5.45. The van der Waals surface area contributed by atoms with Gasteiger partial charge in [0.15, 0.2) is 0 Å². The molecule has 3 aromatic rings. The molecule has 0 aliphatic heterocycles. The SMILES string of the molecule is CSc1ccc(-c2cccc(C(=O)NCC(=O)NCc3cccs3)c2)cc1. The third-order valence-corrected chi connectivity index (χ3v) is 5.62. The average Bonchev–Trinajstić information content (AvgIpc) is 3.24. The van der Waals surface area contributed by atoms with Crippen LogP contribution in [0.15, 0.2) is 70.9 Å². The summed E-state index contributed by atoms with van der Waals surface area (Å²) in [6, 6.07) is 19.5. The van der Waals surface area contributed by atoms with Gasteiger partial charge in [-0.05, 0) is 53.1 Å². The Morgan fingerprint density at radius 2 is 1.78 bits per heavy atom. The summed E-state index contributed by atoms with van der Waals surface area (Å²) >= 11 is 3.28. The predicted octanol–water partition coefficient (Wildman–Crippen LogP) is 4.18. The molecule has 2 N–H and O–H groups in total. The number of benzene rings is 2. The number of carbonyl (C=O) groups excluding carboxylic acids is 2. The Labute approximate surface area is 167 Å². The second-order valence-corrected chi connectivity index (χ2v) is 7.76. The highest BCUT2D eigenvalue weighted by Gasteiger charge is 2.09. The van der Waals surface area contributed by atoms with Gasteiger partial charge in [0, 0.05) is 15.3 Å². The summed E-state index contributed by atoms with van der Waals surface area (Å²) in [6.45, 7) is 0.435. The standard InChI is InChI=1S/C21H20N2O2S2/c1-26-18-9-7-15(8-10-18)16-4-2-5-17(12-16)21(25)23-14-20(24)22-13-19-6-3-11-27-19/h2-12H,13-14H2,1H3,(H,22,24)(H,23,25). The monoisotopic (exact) mass is 396 g/mol. The molecule has 1 aromatic heterocycles. The van der Waals surface area contributed by atoms with E-state index in [4.69, 9.17) is 0 Å². The molecule has 138 valence electrons. The smallest absolute Gasteiger partial charge is 0.251 e. The van der Waals surface area contributed by atoms with Crippen LogP contribution in [0.1, 0.15) is 15.2 Å². The summed E-state index contributed by atoms with van der Waals surface area (Å²) in [7, 11) is 0. The Kier molecular flexibility index (Phi) is 6.68. The van der Waals surface area contributed by atoms with E-state index in [9.17, 15) is 9.59 Å². The van der Waals surface area contributed by atoms with Crippen LogP contribution >= 0.6 is 23.1 Å². The summed E-state index contributed by atoms with van der Waals surface area (Å²) in [6.07, 6.45) is 2.04. The number of hydrogen-bond acceptors (Lipinski definition) is 4. The van der Waals surface area contributed by atoms with E-state index in [1.165, 1.54) is 4.90 Å². The molecular weight excluding hydrogens is 376 g/mol. The molecule has 1 heterocycles. The van der Waals surface area contributed by atoms with Gasteiger partial charge in [-0.1, -0.05) is 30.3 Å². The van der Waals surface area contributed by atoms with E-state index >= 15 is 0 Å². The van der Waals surface area contributed by atoms with Gasteiger partial charge in [0.25, 0.3) is 5.91 Å². The first-order chi connectivity index (χ1) is 13.2. The molecule has 0 saturated carbocycles. The number of amides is 2. The van der Waals surface area contributed by atoms with Crippen molar-refractivity contribution >= 4 is 34.9 Å². The predicted molar refractivity (Wildman–Crippen MR) is 112 cm³/mol. The number of hydrogen-bond donors (Lipinski definition) is 2. The molecule has 4 nitrogen and oxygen atoms in total. The van der Waals surface area contributed by atoms with Crippen molar-refractivity contribution in [3.05, 3.63) is 76.5 Å². The maximum atomic E-state index is 12.4. The fourth-order valence-electron chi connectivity index (χ4n) is 2.55. The normalized spacial score (nSPS) is 10.4. The summed E-state index contributed by atoms with van der Waals surface area (Å²) in [5.74, 6) is -0.468. The first kappa shape index (κ1) is 19.2. The number of thiophene rings is 1. The van der Waals surface area contributed by atoms with Crippen LogP contribution in [0, 0.1) is 0 Å². The minimum Gasteiger partial charge on any atom is -0.350 e. The minimum atomic E-state index is -0.260. The molecule has 0 bridgehead atoms. The molecule has 2 aromatic carbocycles. The third-order valence-electron chi connectivity index (χ3n) is 4.00. The van der Waals surface area contributed by atoms with Crippen LogP contribution in [0.4, 0.5) is 0 Å². The largest absolute Gasteiger partial charge is 0.350 e. The Morgan fingerprint density at radius 3 is 2.48 bits per heavy atom. The van der Waals surface area contributed by atoms with Crippen molar-refractivity contribution in [2.75, 3.05) is 12.8 Å². The lowest BCUT2D eigenvalue weighted by molar-refractivity contribution is -0.120. The number of nitrogens with one attached hydrogen (secondary N) is 2. The molecule has 0 fully saturated rings. The van der Waals surface area contributed by atoms with Crippen LogP contribution < -0.4 is 10.6 Å². The second-order valence-electron chi connectivity index (χ2n) is 5.85. The zero-order valence-corrected chi connectivity index (χ0v) is 16.5. The van der Waals surface area contributed by atoms with E-state index in [1.807, 2.05) is 54.1 Å². The van der Waals surface area contributed by atoms with Crippen LogP contribution in [-0.2, 0) is 11.3 Å². The van der Waals surface area contributed by atoms with E-state index in [1.54, 1.807) is 29.2 Å². The second kappa shape index (κ2) is 9.39. The molecule has 0 aliphatic rings. The zero-order chi connectivity index (χ0) is 19.1. The van der Waals surface area contributed by atoms with Crippen LogP contribution in [0.5, 0.6) is 0 Å². The summed E-state index contributed by atoms with van der Waals surface area (Å²) < 4.78 is 0. The van der Waals surface area contributed by atoms with Gasteiger partial charge in [-0.2, -0.15) is 0 Å². The Hall–Kier alpha value is -2.57. The van der Waals surface area contributed by atoms with Gasteiger partial charge in [-0.3, -0.25) is 9.59 Å². The van der Waals surface area contributed by atoms with Gasteiger partial charge in [-0.15, -0.1) is 23.1 Å². The van der Waals surface area contributed by atoms with Gasteiger partial charge in [0.2, 0.25) is 5.91 Å². The van der Waals surface area contributed by atoms with Gasteiger partial charge < -0.3 is 10.6 Å². The molecule has 27 heavy (non-hydrogen) atoms. The Balaban J connectivity index is 1.57. The Morgan fingerprint density at radius 1 is 0.963 bits per heavy atom. The molecule has 0 radical (unpaired) electrons. The van der Waals surface area contributed by atoms with Gasteiger partial charge in [0.05, 0.1) is 13.1 Å². The highest BCUT2D eigenvalue weighted by atomic mass is 32.2. The average molecular weight is 397 g/mol. The van der Waals surface area contributed by atoms with Crippen LogP contribution in [0.2, 0.25) is 0 Å². The van der Waals surface area contributed by atoms with E-state index in [2.05, 4.69) is 22.8 Å². The van der Waals surface area contributed by atoms with Gasteiger partial charge in [0.1, 0.15) is 0 Å². The number of carbonyl (C=O) groups is 2. The van der Waals surface area contributed by atoms with Crippen molar-refractivity contribution in [3.8, 4) is 11.1 Å². The highest BCUT2D eigenvalue weighted by Crippen LogP contribution is 2.23. The van der Waals surface area contributed by atoms with E-state index in [0.29, 0.717) is 12.1 Å². The molecular formula is C21H20N2O2S2. The van der Waals surface area contributed by atoms with Crippen molar-refractivity contribution in [2.45, 2.75) is 11.4 Å². The molecule has 6 heteroatoms. The van der Waals surface area contributed by atoms with Gasteiger partial charge in [-0.25, -0.2) is 0 Å². The van der Waals surface area contributed by atoms with Crippen LogP contribution in [0.25, 0.3) is 11.1 Å². The molecule has 0 atom stereocenters. The van der Waals surface area contributed by atoms with Crippen molar-refractivity contribution < 1.29 is 9.59 Å². The fourth-order valence-corrected chi connectivity index (χ4v) is 3.60. The molecule has 0 spiro atoms. The van der Waals surface area contributed by atoms with Crippen molar-refractivity contribution in [3.63, 3.8) is 0 Å². The lowest BCUT2D eigenvalue weighted by Crippen LogP contribution is -2.36. The van der Waals surface area contributed by atoms with Crippen molar-refractivity contribution in [1.29, 1.82) is 0 Å². The topological polar surface area (TPSA) is 58.2 Å². The quantitative estimate of drug-likeness (QED) is 0.589. The maximum Gasteiger partial charge on any atom is 0.251 e. The van der Waals surface area contributed by atoms with Crippen LogP contribution in [-0.4, -0.2) is 24.6 Å². The van der Waals surface area contributed by atoms with Gasteiger partial charge >= 0.3 is 0 Å². The van der Waals surface area contributed by atoms with Crippen molar-refractivity contribution in [2.24, 2.45) is 0 Å². The molecule has 0 aliphatic carbocycles. The summed E-state index contributed by atoms with van der Waals surface area (Å²) in [5, 5.41) is 7.43. The van der Waals surface area contributed by atoms with Crippen LogP contribution in [0.3, 0.4) is 0 Å². The lowest BCUT2D eigenvalue weighted by atomic mass is 10.0.